The number of hydrogen-bond acceptors (Lipinski definition) is 4. The molecule has 0 radical (unpaired) electrons. The Kier molecular flexibility index (Phi) is 4.82. The van der Waals surface area contributed by atoms with Gasteiger partial charge in [0.25, 0.3) is 11.5 Å². The van der Waals surface area contributed by atoms with Gasteiger partial charge in [0, 0.05) is 11.6 Å². The van der Waals surface area contributed by atoms with Crippen LogP contribution in [0, 0.1) is 3.95 Å². The van der Waals surface area contributed by atoms with Gasteiger partial charge in [-0.3, -0.25) is 14.0 Å². The van der Waals surface area contributed by atoms with E-state index in [1.54, 1.807) is 22.6 Å². The molecule has 4 rings (SSSR count). The summed E-state index contributed by atoms with van der Waals surface area (Å²) in [6, 6.07) is 14.9. The number of thiazole rings is 1. The Morgan fingerprint density at radius 2 is 2.00 bits per heavy atom. The number of nitrogens with one attached hydrogen (secondary N) is 2. The smallest absolute Gasteiger partial charge is 0.265 e. The quantitative estimate of drug-likeness (QED) is 0.491. The van der Waals surface area contributed by atoms with Crippen LogP contribution in [0.15, 0.2) is 53.3 Å². The van der Waals surface area contributed by atoms with Gasteiger partial charge in [-0.2, -0.15) is 0 Å². The van der Waals surface area contributed by atoms with Crippen molar-refractivity contribution in [3.63, 3.8) is 0 Å². The Hall–Kier alpha value is -2.48. The van der Waals surface area contributed by atoms with Crippen LogP contribution in [0.3, 0.4) is 0 Å². The van der Waals surface area contributed by atoms with Crippen molar-refractivity contribution >= 4 is 57.6 Å². The fourth-order valence-corrected chi connectivity index (χ4v) is 4.44. The van der Waals surface area contributed by atoms with E-state index in [-0.39, 0.29) is 11.5 Å². The van der Waals surface area contributed by atoms with Crippen LogP contribution in [-0.4, -0.2) is 21.8 Å². The Balaban J connectivity index is 1.69. The molecular weight excluding hydrogens is 402 g/mol. The van der Waals surface area contributed by atoms with Crippen LogP contribution >= 0.6 is 35.2 Å². The molecule has 0 spiro atoms. The second kappa shape index (κ2) is 7.26. The normalized spacial score (nSPS) is 11.1. The van der Waals surface area contributed by atoms with Gasteiger partial charge in [-0.25, -0.2) is 0 Å². The van der Waals surface area contributed by atoms with Crippen molar-refractivity contribution in [3.8, 4) is 0 Å². The molecule has 136 valence electrons. The molecule has 0 unspecified atom stereocenters. The summed E-state index contributed by atoms with van der Waals surface area (Å²) in [6.07, 6.45) is 0.724. The van der Waals surface area contributed by atoms with Crippen molar-refractivity contribution in [2.24, 2.45) is 0 Å². The van der Waals surface area contributed by atoms with E-state index in [0.717, 1.165) is 12.0 Å². The van der Waals surface area contributed by atoms with E-state index in [1.807, 2.05) is 30.3 Å². The highest BCUT2D eigenvalue weighted by Gasteiger charge is 2.17. The largest absolute Gasteiger partial charge is 0.351 e. The first-order chi connectivity index (χ1) is 13.0. The SMILES string of the molecule is O=C(NCCc1ccccc1)c1sc(=S)n2c1[nH]c(=O)c1cc(Cl)ccc12. The van der Waals surface area contributed by atoms with E-state index in [1.165, 1.54) is 11.3 Å². The predicted octanol–water partition coefficient (Wildman–Crippen LogP) is 4.20. The number of aromatic nitrogens is 2. The maximum Gasteiger partial charge on any atom is 0.265 e. The summed E-state index contributed by atoms with van der Waals surface area (Å²) in [5.74, 6) is -0.256. The third-order valence-electron chi connectivity index (χ3n) is 4.23. The first-order valence-corrected chi connectivity index (χ1v) is 9.84. The number of hydrogen-bond donors (Lipinski definition) is 2. The topological polar surface area (TPSA) is 66.4 Å². The molecule has 2 aromatic carbocycles. The van der Waals surface area contributed by atoms with Gasteiger partial charge in [0.2, 0.25) is 0 Å². The lowest BCUT2D eigenvalue weighted by Crippen LogP contribution is -2.25. The number of halogens is 1. The Bertz CT molecular complexity index is 1280. The lowest BCUT2D eigenvalue weighted by Gasteiger charge is -2.06. The molecule has 4 aromatic rings. The minimum Gasteiger partial charge on any atom is -0.351 e. The molecule has 0 aliphatic heterocycles. The van der Waals surface area contributed by atoms with Crippen LogP contribution in [0.2, 0.25) is 5.02 Å². The van der Waals surface area contributed by atoms with E-state index >= 15 is 0 Å². The Labute approximate surface area is 168 Å². The fraction of sp³-hybridized carbons (Fsp3) is 0.105. The van der Waals surface area contributed by atoms with Gasteiger partial charge >= 0.3 is 0 Å². The summed E-state index contributed by atoms with van der Waals surface area (Å²) in [7, 11) is 0. The average molecular weight is 416 g/mol. The van der Waals surface area contributed by atoms with Gasteiger partial charge < -0.3 is 10.3 Å². The maximum atomic E-state index is 12.7. The number of rotatable bonds is 4. The molecule has 0 atom stereocenters. The molecule has 1 amide bonds. The lowest BCUT2D eigenvalue weighted by atomic mass is 10.1. The van der Waals surface area contributed by atoms with Crippen LogP contribution in [0.4, 0.5) is 0 Å². The summed E-state index contributed by atoms with van der Waals surface area (Å²) in [5.41, 5.74) is 1.87. The first-order valence-electron chi connectivity index (χ1n) is 8.24. The third-order valence-corrected chi connectivity index (χ3v) is 5.84. The molecule has 0 aliphatic carbocycles. The van der Waals surface area contributed by atoms with Crippen molar-refractivity contribution < 1.29 is 4.79 Å². The van der Waals surface area contributed by atoms with E-state index in [9.17, 15) is 9.59 Å². The van der Waals surface area contributed by atoms with Crippen LogP contribution in [0.25, 0.3) is 16.6 Å². The third kappa shape index (κ3) is 3.41. The van der Waals surface area contributed by atoms with E-state index in [2.05, 4.69) is 10.3 Å². The molecule has 5 nitrogen and oxygen atoms in total. The molecule has 0 bridgehead atoms. The number of fused-ring (bicyclic) bond motifs is 3. The summed E-state index contributed by atoms with van der Waals surface area (Å²) in [4.78, 5) is 28.3. The molecule has 2 aromatic heterocycles. The summed E-state index contributed by atoms with van der Waals surface area (Å²) in [5, 5.41) is 3.79. The van der Waals surface area contributed by atoms with Crippen LogP contribution < -0.4 is 10.9 Å². The summed E-state index contributed by atoms with van der Waals surface area (Å²) < 4.78 is 2.20. The maximum absolute atomic E-state index is 12.7. The zero-order chi connectivity index (χ0) is 19.0. The minimum atomic E-state index is -0.307. The molecule has 0 aliphatic rings. The summed E-state index contributed by atoms with van der Waals surface area (Å²) >= 11 is 12.6. The zero-order valence-electron chi connectivity index (χ0n) is 14.0. The van der Waals surface area contributed by atoms with Gasteiger partial charge in [-0.15, -0.1) is 0 Å². The van der Waals surface area contributed by atoms with Crippen molar-refractivity contribution in [2.45, 2.75) is 6.42 Å². The molecular formula is C19H14ClN3O2S2. The monoisotopic (exact) mass is 415 g/mol. The van der Waals surface area contributed by atoms with Gasteiger partial charge in [-0.05, 0) is 42.4 Å². The number of nitrogens with zero attached hydrogens (tertiary/aromatic N) is 1. The zero-order valence-corrected chi connectivity index (χ0v) is 16.4. The van der Waals surface area contributed by atoms with Gasteiger partial charge in [0.1, 0.15) is 10.5 Å². The standard InChI is InChI=1S/C19H14ClN3O2S2/c20-12-6-7-14-13(10-12)17(24)22-16-15(27-19(26)23(14)16)18(25)21-9-8-11-4-2-1-3-5-11/h1-7,10H,8-9H2,(H,21,25)(H,22,24). The molecule has 0 fully saturated rings. The van der Waals surface area contributed by atoms with Crippen LogP contribution in [0.5, 0.6) is 0 Å². The van der Waals surface area contributed by atoms with Crippen molar-refractivity contribution in [2.75, 3.05) is 6.54 Å². The number of carbonyl (C=O) groups is 1. The number of amides is 1. The second-order valence-electron chi connectivity index (χ2n) is 5.99. The van der Waals surface area contributed by atoms with Crippen molar-refractivity contribution in [1.29, 1.82) is 0 Å². The minimum absolute atomic E-state index is 0.256. The van der Waals surface area contributed by atoms with Gasteiger partial charge in [0.05, 0.1) is 10.9 Å². The molecule has 2 heterocycles. The molecule has 27 heavy (non-hydrogen) atoms. The van der Waals surface area contributed by atoms with Crippen molar-refractivity contribution in [1.82, 2.24) is 14.7 Å². The average Bonchev–Trinajstić information content (AvgIpc) is 2.99. The molecule has 2 N–H and O–H groups in total. The first kappa shape index (κ1) is 17.9. The van der Waals surface area contributed by atoms with E-state index in [4.69, 9.17) is 23.8 Å². The lowest BCUT2D eigenvalue weighted by molar-refractivity contribution is 0.0959. The van der Waals surface area contributed by atoms with Crippen LogP contribution in [0.1, 0.15) is 15.2 Å². The number of aromatic amines is 1. The molecule has 0 saturated carbocycles. The second-order valence-corrected chi connectivity index (χ2v) is 8.07. The van der Waals surface area contributed by atoms with Crippen molar-refractivity contribution in [3.05, 3.63) is 78.3 Å². The fourth-order valence-electron chi connectivity index (χ4n) is 2.96. The molecule has 8 heteroatoms. The summed E-state index contributed by atoms with van der Waals surface area (Å²) in [6.45, 7) is 0.493. The Morgan fingerprint density at radius 3 is 2.78 bits per heavy atom. The van der Waals surface area contributed by atoms with Crippen LogP contribution in [-0.2, 0) is 6.42 Å². The Morgan fingerprint density at radius 1 is 1.22 bits per heavy atom. The van der Waals surface area contributed by atoms with E-state index in [0.29, 0.717) is 36.9 Å². The molecule has 0 saturated heterocycles. The van der Waals surface area contributed by atoms with Gasteiger partial charge in [0.15, 0.2) is 3.95 Å². The number of carbonyl (C=O) groups excluding carboxylic acids is 1. The predicted molar refractivity (Wildman–Crippen MR) is 112 cm³/mol. The highest BCUT2D eigenvalue weighted by Crippen LogP contribution is 2.24. The number of benzene rings is 2. The van der Waals surface area contributed by atoms with Gasteiger partial charge in [-0.1, -0.05) is 53.3 Å². The highest BCUT2D eigenvalue weighted by molar-refractivity contribution is 7.73. The van der Waals surface area contributed by atoms with E-state index < -0.39 is 0 Å². The highest BCUT2D eigenvalue weighted by atomic mass is 35.5. The number of H-pyrrole nitrogens is 1.